The topological polar surface area (TPSA) is 71.2 Å². The molecule has 0 saturated heterocycles. The fraction of sp³-hybridized carbons (Fsp3) is 0.200. The van der Waals surface area contributed by atoms with Crippen LogP contribution in [0.4, 0.5) is 5.69 Å². The lowest BCUT2D eigenvalue weighted by Gasteiger charge is -2.22. The lowest BCUT2D eigenvalue weighted by atomic mass is 9.82. The minimum absolute atomic E-state index is 0.167. The molecule has 5 heteroatoms. The number of esters is 1. The van der Waals surface area contributed by atoms with Crippen LogP contribution in [0.2, 0.25) is 0 Å². The van der Waals surface area contributed by atoms with Crippen molar-refractivity contribution in [3.8, 4) is 0 Å². The third-order valence-electron chi connectivity index (χ3n) is 5.98. The Morgan fingerprint density at radius 2 is 1.97 bits per heavy atom. The Morgan fingerprint density at radius 1 is 1.13 bits per heavy atom. The summed E-state index contributed by atoms with van der Waals surface area (Å²) in [6.07, 6.45) is 5.14. The minimum atomic E-state index is -0.419. The van der Waals surface area contributed by atoms with E-state index in [-0.39, 0.29) is 5.91 Å². The average Bonchev–Trinajstić information content (AvgIpc) is 3.33. The van der Waals surface area contributed by atoms with Crippen molar-refractivity contribution in [2.75, 3.05) is 12.4 Å². The lowest BCUT2D eigenvalue weighted by molar-refractivity contribution is -0.110. The van der Waals surface area contributed by atoms with Gasteiger partial charge in [0.2, 0.25) is 0 Å². The fourth-order valence-corrected chi connectivity index (χ4v) is 4.53. The van der Waals surface area contributed by atoms with E-state index in [4.69, 9.17) is 4.74 Å². The SMILES string of the molecule is COC(=O)c1ccc2c(c1)C(=Cc1cc3c([nH]1)CCCC3c1ccccc1)C(=O)N2. The number of anilines is 1. The second-order valence-corrected chi connectivity index (χ2v) is 7.78. The molecule has 5 nitrogen and oxygen atoms in total. The molecular weight excluding hydrogens is 376 g/mol. The summed E-state index contributed by atoms with van der Waals surface area (Å²) in [5, 5.41) is 2.88. The van der Waals surface area contributed by atoms with Crippen molar-refractivity contribution in [3.05, 3.63) is 88.2 Å². The van der Waals surface area contributed by atoms with Crippen molar-refractivity contribution >= 4 is 29.2 Å². The number of benzene rings is 2. The molecule has 5 rings (SSSR count). The highest BCUT2D eigenvalue weighted by molar-refractivity contribution is 6.35. The number of ether oxygens (including phenoxy) is 1. The summed E-state index contributed by atoms with van der Waals surface area (Å²) in [5.74, 6) is -0.217. The molecular formula is C25H22N2O3. The van der Waals surface area contributed by atoms with Gasteiger partial charge >= 0.3 is 5.97 Å². The van der Waals surface area contributed by atoms with E-state index in [1.165, 1.54) is 23.9 Å². The van der Waals surface area contributed by atoms with Gasteiger partial charge in [-0.15, -0.1) is 0 Å². The zero-order valence-electron chi connectivity index (χ0n) is 16.7. The number of H-pyrrole nitrogens is 1. The summed E-state index contributed by atoms with van der Waals surface area (Å²) >= 11 is 0. The van der Waals surface area contributed by atoms with E-state index >= 15 is 0 Å². The molecule has 1 aromatic heterocycles. The summed E-state index contributed by atoms with van der Waals surface area (Å²) in [7, 11) is 1.35. The Morgan fingerprint density at radius 3 is 2.77 bits per heavy atom. The van der Waals surface area contributed by atoms with Gasteiger partial charge in [-0.1, -0.05) is 30.3 Å². The van der Waals surface area contributed by atoms with Crippen molar-refractivity contribution in [2.45, 2.75) is 25.2 Å². The highest BCUT2D eigenvalue weighted by atomic mass is 16.5. The molecule has 0 saturated carbocycles. The first-order valence-electron chi connectivity index (χ1n) is 10.2. The molecule has 1 amide bonds. The molecule has 1 atom stereocenters. The number of hydrogen-bond acceptors (Lipinski definition) is 3. The Balaban J connectivity index is 1.54. The third-order valence-corrected chi connectivity index (χ3v) is 5.98. The van der Waals surface area contributed by atoms with Gasteiger partial charge in [-0.25, -0.2) is 4.79 Å². The van der Waals surface area contributed by atoms with Crippen LogP contribution in [0.5, 0.6) is 0 Å². The van der Waals surface area contributed by atoms with Crippen LogP contribution in [0, 0.1) is 0 Å². The number of aromatic amines is 1. The van der Waals surface area contributed by atoms with Crippen LogP contribution in [0.25, 0.3) is 11.6 Å². The number of hydrogen-bond donors (Lipinski definition) is 2. The maximum Gasteiger partial charge on any atom is 0.337 e. The standard InChI is InChI=1S/C25H22N2O3/c1-30-25(29)16-10-11-23-19(12-16)21(24(28)27-23)14-17-13-20-18(8-5-9-22(20)26-17)15-6-3-2-4-7-15/h2-4,6-7,10-14,18,26H,5,8-9H2,1H3,(H,27,28). The number of carbonyl (C=O) groups is 2. The average molecular weight is 398 g/mol. The van der Waals surface area contributed by atoms with Gasteiger partial charge < -0.3 is 15.0 Å². The van der Waals surface area contributed by atoms with Crippen molar-refractivity contribution < 1.29 is 14.3 Å². The summed E-state index contributed by atoms with van der Waals surface area (Å²) in [4.78, 5) is 28.0. The van der Waals surface area contributed by atoms with Crippen molar-refractivity contribution in [2.24, 2.45) is 0 Å². The minimum Gasteiger partial charge on any atom is -0.465 e. The van der Waals surface area contributed by atoms with Gasteiger partial charge in [-0.2, -0.15) is 0 Å². The summed E-state index contributed by atoms with van der Waals surface area (Å²) in [5.41, 5.74) is 7.17. The van der Waals surface area contributed by atoms with Crippen LogP contribution in [0.15, 0.2) is 54.6 Å². The molecule has 0 bridgehead atoms. The molecule has 1 unspecified atom stereocenters. The first kappa shape index (κ1) is 18.4. The normalized spacial score (nSPS) is 18.6. The summed E-state index contributed by atoms with van der Waals surface area (Å²) < 4.78 is 4.82. The van der Waals surface area contributed by atoms with Gasteiger partial charge in [0.15, 0.2) is 0 Å². The molecule has 3 aromatic rings. The van der Waals surface area contributed by atoms with Crippen LogP contribution >= 0.6 is 0 Å². The molecule has 150 valence electrons. The van der Waals surface area contributed by atoms with Crippen LogP contribution < -0.4 is 5.32 Å². The molecule has 2 aliphatic rings. The smallest absolute Gasteiger partial charge is 0.337 e. The second kappa shape index (κ2) is 7.34. The molecule has 0 fully saturated rings. The van der Waals surface area contributed by atoms with E-state index in [0.717, 1.165) is 30.5 Å². The highest BCUT2D eigenvalue weighted by Crippen LogP contribution is 2.39. The summed E-state index contributed by atoms with van der Waals surface area (Å²) in [6.45, 7) is 0. The van der Waals surface area contributed by atoms with Gasteiger partial charge in [-0.3, -0.25) is 4.79 Å². The lowest BCUT2D eigenvalue weighted by Crippen LogP contribution is -2.09. The molecule has 1 aliphatic heterocycles. The number of aryl methyl sites for hydroxylation is 1. The van der Waals surface area contributed by atoms with E-state index < -0.39 is 5.97 Å². The zero-order valence-corrected chi connectivity index (χ0v) is 16.7. The fourth-order valence-electron chi connectivity index (χ4n) is 4.53. The third kappa shape index (κ3) is 3.12. The Kier molecular flexibility index (Phi) is 4.51. The van der Waals surface area contributed by atoms with Crippen molar-refractivity contribution in [1.82, 2.24) is 4.98 Å². The van der Waals surface area contributed by atoms with Gasteiger partial charge in [0, 0.05) is 28.6 Å². The van der Waals surface area contributed by atoms with Crippen molar-refractivity contribution in [1.29, 1.82) is 0 Å². The number of amides is 1. The van der Waals surface area contributed by atoms with E-state index in [1.54, 1.807) is 18.2 Å². The Labute approximate surface area is 174 Å². The van der Waals surface area contributed by atoms with Crippen LogP contribution in [-0.2, 0) is 16.0 Å². The molecule has 1 aliphatic carbocycles. The van der Waals surface area contributed by atoms with Crippen LogP contribution in [-0.4, -0.2) is 24.0 Å². The maximum absolute atomic E-state index is 12.6. The van der Waals surface area contributed by atoms with Crippen LogP contribution in [0.1, 0.15) is 57.2 Å². The Hall–Kier alpha value is -3.60. The van der Waals surface area contributed by atoms with E-state index in [9.17, 15) is 9.59 Å². The van der Waals surface area contributed by atoms with Gasteiger partial charge in [-0.05, 0) is 60.7 Å². The second-order valence-electron chi connectivity index (χ2n) is 7.78. The number of nitrogens with one attached hydrogen (secondary N) is 2. The number of carbonyl (C=O) groups excluding carboxylic acids is 2. The molecule has 2 aromatic carbocycles. The van der Waals surface area contributed by atoms with Gasteiger partial charge in [0.1, 0.15) is 0 Å². The Bertz CT molecular complexity index is 1170. The maximum atomic E-state index is 12.6. The number of aromatic nitrogens is 1. The molecule has 0 radical (unpaired) electrons. The summed E-state index contributed by atoms with van der Waals surface area (Å²) in [6, 6.07) is 17.8. The molecule has 0 spiro atoms. The van der Waals surface area contributed by atoms with Crippen molar-refractivity contribution in [3.63, 3.8) is 0 Å². The largest absolute Gasteiger partial charge is 0.465 e. The number of methoxy groups -OCH3 is 1. The monoisotopic (exact) mass is 398 g/mol. The number of fused-ring (bicyclic) bond motifs is 2. The first-order valence-corrected chi connectivity index (χ1v) is 10.2. The number of rotatable bonds is 3. The predicted molar refractivity (Wildman–Crippen MR) is 116 cm³/mol. The van der Waals surface area contributed by atoms with E-state index in [0.29, 0.717) is 22.7 Å². The first-order chi connectivity index (χ1) is 14.6. The van der Waals surface area contributed by atoms with E-state index in [1.807, 2.05) is 12.1 Å². The zero-order chi connectivity index (χ0) is 20.7. The van der Waals surface area contributed by atoms with Crippen LogP contribution in [0.3, 0.4) is 0 Å². The molecule has 2 N–H and O–H groups in total. The molecule has 30 heavy (non-hydrogen) atoms. The predicted octanol–water partition coefficient (Wildman–Crippen LogP) is 4.76. The van der Waals surface area contributed by atoms with Gasteiger partial charge in [0.05, 0.1) is 18.2 Å². The quantitative estimate of drug-likeness (QED) is 0.493. The van der Waals surface area contributed by atoms with E-state index in [2.05, 4.69) is 40.6 Å². The highest BCUT2D eigenvalue weighted by Gasteiger charge is 2.27. The molecule has 2 heterocycles. The van der Waals surface area contributed by atoms with Gasteiger partial charge in [0.25, 0.3) is 5.91 Å².